The van der Waals surface area contributed by atoms with Gasteiger partial charge >= 0.3 is 0 Å². The molecule has 0 nitrogen and oxygen atoms in total. The van der Waals surface area contributed by atoms with E-state index in [1.54, 1.807) is 0 Å². The molecule has 100 valence electrons. The van der Waals surface area contributed by atoms with Crippen LogP contribution in [0.2, 0.25) is 0 Å². The van der Waals surface area contributed by atoms with Gasteiger partial charge in [-0.15, -0.1) is 11.6 Å². The Balaban J connectivity index is 2.25. The molecule has 2 rings (SSSR count). The van der Waals surface area contributed by atoms with Crippen molar-refractivity contribution in [2.45, 2.75) is 32.1 Å². The van der Waals surface area contributed by atoms with Gasteiger partial charge < -0.3 is 0 Å². The van der Waals surface area contributed by atoms with Gasteiger partial charge in [-0.3, -0.25) is 0 Å². The van der Waals surface area contributed by atoms with Gasteiger partial charge in [-0.1, -0.05) is 59.6 Å². The van der Waals surface area contributed by atoms with Crippen LogP contribution in [-0.4, -0.2) is 0 Å². The molecule has 0 saturated heterocycles. The predicted octanol–water partition coefficient (Wildman–Crippen LogP) is 6.04. The van der Waals surface area contributed by atoms with E-state index in [0.29, 0.717) is 0 Å². The Bertz CT molecular complexity index is 525. The summed E-state index contributed by atoms with van der Waals surface area (Å²) in [7, 11) is 0. The molecule has 0 radical (unpaired) electrons. The van der Waals surface area contributed by atoms with Gasteiger partial charge in [-0.05, 0) is 47.7 Å². The highest BCUT2D eigenvalue weighted by atomic mass is 79.9. The van der Waals surface area contributed by atoms with E-state index >= 15 is 0 Å². The Morgan fingerprint density at radius 3 is 2.32 bits per heavy atom. The number of aryl methyl sites for hydroxylation is 2. The standard InChI is InChI=1S/C17H18BrCl/c1-3-4-13-5-7-14(8-6-13)17(19)15-9-12(2)10-16(18)11-15/h5-11,17H,3-4H2,1-2H3. The number of alkyl halides is 1. The molecule has 0 fully saturated rings. The maximum Gasteiger partial charge on any atom is 0.0835 e. The lowest BCUT2D eigenvalue weighted by Crippen LogP contribution is -1.95. The second kappa shape index (κ2) is 6.58. The first-order valence-corrected chi connectivity index (χ1v) is 7.83. The minimum absolute atomic E-state index is 0.0909. The van der Waals surface area contributed by atoms with E-state index in [0.717, 1.165) is 22.0 Å². The van der Waals surface area contributed by atoms with Crippen LogP contribution >= 0.6 is 27.5 Å². The molecule has 0 aliphatic heterocycles. The van der Waals surface area contributed by atoms with Crippen LogP contribution < -0.4 is 0 Å². The summed E-state index contributed by atoms with van der Waals surface area (Å²) < 4.78 is 1.08. The Labute approximate surface area is 128 Å². The molecule has 2 heteroatoms. The average molecular weight is 338 g/mol. The topological polar surface area (TPSA) is 0 Å². The summed E-state index contributed by atoms with van der Waals surface area (Å²) in [5.41, 5.74) is 4.88. The lowest BCUT2D eigenvalue weighted by molar-refractivity contribution is 0.920. The van der Waals surface area contributed by atoms with Crippen molar-refractivity contribution in [1.82, 2.24) is 0 Å². The van der Waals surface area contributed by atoms with Crippen LogP contribution in [0.15, 0.2) is 46.9 Å². The van der Waals surface area contributed by atoms with Gasteiger partial charge in [0.15, 0.2) is 0 Å². The monoisotopic (exact) mass is 336 g/mol. The maximum absolute atomic E-state index is 6.58. The lowest BCUT2D eigenvalue weighted by atomic mass is 10.0. The van der Waals surface area contributed by atoms with Crippen molar-refractivity contribution in [3.05, 3.63) is 69.2 Å². The quantitative estimate of drug-likeness (QED) is 0.597. The molecule has 1 atom stereocenters. The second-order valence-corrected chi connectivity index (χ2v) is 6.27. The summed E-state index contributed by atoms with van der Waals surface area (Å²) in [5.74, 6) is 0. The van der Waals surface area contributed by atoms with Gasteiger partial charge in [0.25, 0.3) is 0 Å². The van der Waals surface area contributed by atoms with Crippen molar-refractivity contribution in [1.29, 1.82) is 0 Å². The van der Waals surface area contributed by atoms with Crippen molar-refractivity contribution < 1.29 is 0 Å². The van der Waals surface area contributed by atoms with Crippen molar-refractivity contribution >= 4 is 27.5 Å². The fourth-order valence-electron chi connectivity index (χ4n) is 2.25. The highest BCUT2D eigenvalue weighted by Crippen LogP contribution is 2.31. The molecule has 0 N–H and O–H groups in total. The van der Waals surface area contributed by atoms with Crippen LogP contribution in [0.4, 0.5) is 0 Å². The van der Waals surface area contributed by atoms with Crippen LogP contribution in [-0.2, 0) is 6.42 Å². The Kier molecular flexibility index (Phi) is 5.06. The summed E-state index contributed by atoms with van der Waals surface area (Å²) in [6, 6.07) is 15.0. The molecule has 1 unspecified atom stereocenters. The molecule has 0 amide bonds. The predicted molar refractivity (Wildman–Crippen MR) is 87.0 cm³/mol. The van der Waals surface area contributed by atoms with Crippen molar-refractivity contribution in [3.8, 4) is 0 Å². The van der Waals surface area contributed by atoms with Gasteiger partial charge in [0.2, 0.25) is 0 Å². The molecule has 19 heavy (non-hydrogen) atoms. The fourth-order valence-corrected chi connectivity index (χ4v) is 3.14. The van der Waals surface area contributed by atoms with Gasteiger partial charge in [0.1, 0.15) is 0 Å². The largest absolute Gasteiger partial charge is 0.113 e. The maximum atomic E-state index is 6.58. The first-order chi connectivity index (χ1) is 9.10. The normalized spacial score (nSPS) is 12.4. The average Bonchev–Trinajstić information content (AvgIpc) is 2.38. The number of hydrogen-bond donors (Lipinski definition) is 0. The van der Waals surface area contributed by atoms with Crippen LogP contribution in [0.25, 0.3) is 0 Å². The van der Waals surface area contributed by atoms with Crippen molar-refractivity contribution in [2.75, 3.05) is 0 Å². The number of hydrogen-bond acceptors (Lipinski definition) is 0. The zero-order valence-corrected chi connectivity index (χ0v) is 13.6. The molecule has 0 heterocycles. The van der Waals surface area contributed by atoms with Crippen LogP contribution in [0, 0.1) is 6.92 Å². The van der Waals surface area contributed by atoms with E-state index in [1.807, 2.05) is 0 Å². The Morgan fingerprint density at radius 2 is 1.74 bits per heavy atom. The van der Waals surface area contributed by atoms with E-state index < -0.39 is 0 Å². The molecule has 2 aromatic rings. The number of halogens is 2. The van der Waals surface area contributed by atoms with Crippen LogP contribution in [0.1, 0.15) is 41.0 Å². The Hall–Kier alpha value is -0.790. The highest BCUT2D eigenvalue weighted by Gasteiger charge is 2.11. The fraction of sp³-hybridized carbons (Fsp3) is 0.294. The summed E-state index contributed by atoms with van der Waals surface area (Å²) in [4.78, 5) is 0. The molecular weight excluding hydrogens is 320 g/mol. The van der Waals surface area contributed by atoms with E-state index in [-0.39, 0.29) is 5.38 Å². The molecule has 0 aliphatic carbocycles. The summed E-state index contributed by atoms with van der Waals surface area (Å²) in [6.45, 7) is 4.28. The third-order valence-corrected chi connectivity index (χ3v) is 4.13. The molecule has 0 spiro atoms. The van der Waals surface area contributed by atoms with Crippen LogP contribution in [0.3, 0.4) is 0 Å². The molecule has 0 aromatic heterocycles. The summed E-state index contributed by atoms with van der Waals surface area (Å²) >= 11 is 10.1. The SMILES string of the molecule is CCCc1ccc(C(Cl)c2cc(C)cc(Br)c2)cc1. The van der Waals surface area contributed by atoms with Gasteiger partial charge in [0, 0.05) is 4.47 Å². The van der Waals surface area contributed by atoms with Gasteiger partial charge in [0.05, 0.1) is 5.38 Å². The first kappa shape index (κ1) is 14.6. The van der Waals surface area contributed by atoms with E-state index in [9.17, 15) is 0 Å². The zero-order chi connectivity index (χ0) is 13.8. The minimum atomic E-state index is -0.0909. The highest BCUT2D eigenvalue weighted by molar-refractivity contribution is 9.10. The smallest absolute Gasteiger partial charge is 0.0835 e. The number of benzene rings is 2. The lowest BCUT2D eigenvalue weighted by Gasteiger charge is -2.12. The third-order valence-electron chi connectivity index (χ3n) is 3.17. The third kappa shape index (κ3) is 3.84. The van der Waals surface area contributed by atoms with Gasteiger partial charge in [-0.25, -0.2) is 0 Å². The number of rotatable bonds is 4. The molecule has 0 aliphatic rings. The molecule has 0 saturated carbocycles. The molecular formula is C17H18BrCl. The molecule has 2 aromatic carbocycles. The minimum Gasteiger partial charge on any atom is -0.113 e. The summed E-state index contributed by atoms with van der Waals surface area (Å²) in [6.07, 6.45) is 2.30. The van der Waals surface area contributed by atoms with E-state index in [1.165, 1.54) is 17.5 Å². The van der Waals surface area contributed by atoms with Crippen LogP contribution in [0.5, 0.6) is 0 Å². The van der Waals surface area contributed by atoms with Crippen molar-refractivity contribution in [2.24, 2.45) is 0 Å². The molecule has 0 bridgehead atoms. The second-order valence-electron chi connectivity index (χ2n) is 4.92. The van der Waals surface area contributed by atoms with Crippen molar-refractivity contribution in [3.63, 3.8) is 0 Å². The summed E-state index contributed by atoms with van der Waals surface area (Å²) in [5, 5.41) is -0.0909. The Morgan fingerprint density at radius 1 is 1.05 bits per heavy atom. The zero-order valence-electron chi connectivity index (χ0n) is 11.3. The first-order valence-electron chi connectivity index (χ1n) is 6.60. The van der Waals surface area contributed by atoms with E-state index in [2.05, 4.69) is 72.2 Å². The van der Waals surface area contributed by atoms with E-state index in [4.69, 9.17) is 11.6 Å². The van der Waals surface area contributed by atoms with Gasteiger partial charge in [-0.2, -0.15) is 0 Å².